The number of rotatable bonds is 14. The molecule has 0 radical (unpaired) electrons. The van der Waals surface area contributed by atoms with Crippen molar-refractivity contribution >= 4 is 68.3 Å². The Morgan fingerprint density at radius 2 is 1.11 bits per heavy atom. The molecule has 18 heteroatoms. The van der Waals surface area contributed by atoms with Crippen LogP contribution in [0.15, 0.2) is 103 Å². The summed E-state index contributed by atoms with van der Waals surface area (Å²) in [6.45, 7) is 2.58. The van der Waals surface area contributed by atoms with Crippen LogP contribution < -0.4 is 30.1 Å². The Labute approximate surface area is 367 Å². The molecule has 8 aromatic rings. The minimum atomic E-state index is -1.20. The molecule has 0 amide bonds. The largest absolute Gasteiger partial charge is 0.493 e. The highest BCUT2D eigenvalue weighted by Gasteiger charge is 2.30. The smallest absolute Gasteiger partial charge is 0.344 e. The normalized spacial score (nSPS) is 10.7. The van der Waals surface area contributed by atoms with Gasteiger partial charge in [0.1, 0.15) is 28.9 Å². The molecule has 0 aliphatic carbocycles. The van der Waals surface area contributed by atoms with E-state index in [9.17, 15) is 28.8 Å². The zero-order valence-corrected chi connectivity index (χ0v) is 35.6. The Kier molecular flexibility index (Phi) is 14.7. The van der Waals surface area contributed by atoms with E-state index in [1.807, 2.05) is 18.2 Å². The first-order chi connectivity index (χ1) is 31.6. The Morgan fingerprint density at radius 1 is 0.631 bits per heavy atom. The second-order valence-electron chi connectivity index (χ2n) is 13.3. The van der Waals surface area contributed by atoms with Crippen LogP contribution in [0.1, 0.15) is 34.6 Å². The zero-order valence-electron chi connectivity index (χ0n) is 35.6. The molecule has 0 saturated carbocycles. The summed E-state index contributed by atoms with van der Waals surface area (Å²) >= 11 is 0. The summed E-state index contributed by atoms with van der Waals surface area (Å²) in [5.74, 6) is -2.03. The summed E-state index contributed by atoms with van der Waals surface area (Å²) in [5, 5.41) is 17.4. The molecule has 0 aliphatic heterocycles. The number of ether oxygens (including phenoxy) is 6. The summed E-state index contributed by atoms with van der Waals surface area (Å²) < 4.78 is 44.2. The lowest BCUT2D eigenvalue weighted by atomic mass is 9.98. The minimum Gasteiger partial charge on any atom is -0.493 e. The van der Waals surface area contributed by atoms with Gasteiger partial charge in [-0.25, -0.2) is 14.4 Å². The van der Waals surface area contributed by atoms with Crippen LogP contribution in [0.25, 0.3) is 66.4 Å². The van der Waals surface area contributed by atoms with Gasteiger partial charge in [-0.2, -0.15) is 0 Å². The minimum absolute atomic E-state index is 0.0512. The molecule has 4 aromatic carbocycles. The SMILES string of the molecule is CCOC(=O)c1c(-c2cccc(OC)c2OCC(=O)O)c2oc3ccccc3c2[nH]c1=O.CCOC(=O)c1c(-c2cccc(OCC=O)c2OC)c2oc3ccccc3c2[nH]c1=O.CO. The van der Waals surface area contributed by atoms with Crippen molar-refractivity contribution in [3.63, 3.8) is 0 Å². The van der Waals surface area contributed by atoms with Crippen molar-refractivity contribution < 1.29 is 66.6 Å². The van der Waals surface area contributed by atoms with Crippen LogP contribution in [0.5, 0.6) is 23.0 Å². The van der Waals surface area contributed by atoms with Crippen LogP contribution >= 0.6 is 0 Å². The van der Waals surface area contributed by atoms with Crippen LogP contribution in [-0.2, 0) is 19.1 Å². The quantitative estimate of drug-likeness (QED) is 0.0639. The number of hydrogen-bond donors (Lipinski definition) is 4. The first-order valence-corrected chi connectivity index (χ1v) is 19.8. The number of aromatic nitrogens is 2. The van der Waals surface area contributed by atoms with E-state index >= 15 is 0 Å². The molecule has 0 unspecified atom stereocenters. The lowest BCUT2D eigenvalue weighted by molar-refractivity contribution is -0.139. The lowest BCUT2D eigenvalue weighted by Crippen LogP contribution is -2.21. The van der Waals surface area contributed by atoms with E-state index in [4.69, 9.17) is 47.5 Å². The number of aliphatic hydroxyl groups is 1. The number of benzene rings is 4. The van der Waals surface area contributed by atoms with Crippen molar-refractivity contribution in [3.8, 4) is 45.3 Å². The molecule has 0 aliphatic rings. The van der Waals surface area contributed by atoms with E-state index in [0.29, 0.717) is 50.4 Å². The average Bonchev–Trinajstić information content (AvgIpc) is 3.87. The number of nitrogens with one attached hydrogen (secondary N) is 2. The predicted molar refractivity (Wildman–Crippen MR) is 237 cm³/mol. The molecular weight excluding hydrogens is 849 g/mol. The second-order valence-corrected chi connectivity index (χ2v) is 13.3. The molecule has 336 valence electrons. The van der Waals surface area contributed by atoms with Crippen LogP contribution in [0.3, 0.4) is 0 Å². The topological polar surface area (TPSA) is 256 Å². The number of hydrogen-bond acceptors (Lipinski definition) is 15. The molecule has 18 nitrogen and oxygen atoms in total. The van der Waals surface area contributed by atoms with Crippen molar-refractivity contribution in [2.45, 2.75) is 13.8 Å². The van der Waals surface area contributed by atoms with Gasteiger partial charge in [0.05, 0.1) is 49.6 Å². The third kappa shape index (κ3) is 9.09. The van der Waals surface area contributed by atoms with Crippen molar-refractivity contribution in [2.24, 2.45) is 0 Å². The zero-order chi connectivity index (χ0) is 46.8. The van der Waals surface area contributed by atoms with Gasteiger partial charge in [0.2, 0.25) is 0 Å². The van der Waals surface area contributed by atoms with Crippen LogP contribution in [0, 0.1) is 0 Å². The summed E-state index contributed by atoms with van der Waals surface area (Å²) in [5.41, 5.74) is 1.61. The number of fused-ring (bicyclic) bond motifs is 6. The molecule has 4 N–H and O–H groups in total. The van der Waals surface area contributed by atoms with Gasteiger partial charge < -0.3 is 57.4 Å². The molecule has 8 rings (SSSR count). The van der Waals surface area contributed by atoms with Crippen molar-refractivity contribution in [1.82, 2.24) is 9.97 Å². The molecule has 4 aromatic heterocycles. The van der Waals surface area contributed by atoms with Crippen molar-refractivity contribution in [1.29, 1.82) is 0 Å². The number of carboxylic acid groups (broad SMARTS) is 1. The number of esters is 2. The number of aromatic amines is 2. The molecule has 0 saturated heterocycles. The van der Waals surface area contributed by atoms with Crippen molar-refractivity contribution in [2.75, 3.05) is 47.8 Å². The van der Waals surface area contributed by atoms with Crippen LogP contribution in [-0.4, -0.2) is 92.1 Å². The molecule has 0 atom stereocenters. The number of aliphatic carboxylic acids is 1. The van der Waals surface area contributed by atoms with E-state index in [1.165, 1.54) is 14.2 Å². The molecule has 0 bridgehead atoms. The number of para-hydroxylation sites is 4. The van der Waals surface area contributed by atoms with Gasteiger partial charge in [-0.3, -0.25) is 14.4 Å². The Bertz CT molecular complexity index is 3180. The number of carboxylic acids is 1. The highest BCUT2D eigenvalue weighted by atomic mass is 16.5. The fraction of sp³-hybridized carbons (Fsp3) is 0.191. The molecular formula is C47H42N2O16. The number of aliphatic hydroxyl groups excluding tert-OH is 1. The average molecular weight is 891 g/mol. The van der Waals surface area contributed by atoms with Gasteiger partial charge in [-0.05, 0) is 50.2 Å². The Balaban J connectivity index is 0.000000208. The Morgan fingerprint density at radius 3 is 1.55 bits per heavy atom. The third-order valence-corrected chi connectivity index (χ3v) is 9.60. The van der Waals surface area contributed by atoms with Gasteiger partial charge >= 0.3 is 17.9 Å². The van der Waals surface area contributed by atoms with Crippen LogP contribution in [0.4, 0.5) is 0 Å². The maximum atomic E-state index is 13.1. The molecule has 0 spiro atoms. The fourth-order valence-electron chi connectivity index (χ4n) is 7.12. The summed E-state index contributed by atoms with van der Waals surface area (Å²) in [6, 6.07) is 24.1. The standard InChI is InChI=1S/C23H19NO8.C23H19NO7.CH4O/c1-3-30-23(28)18-17(13-8-6-10-15(29-2)20(13)31-11-16(25)26)21-19(24-22(18)27)12-7-4-5-9-14(12)32-21;1-3-29-23(27)18-17(14-8-6-10-16(20(14)28-2)30-12-11-25)21-19(24-22(18)26)13-7-4-5-9-15(13)31-21;1-2/h4-10H,3,11H2,1-2H3,(H,24,27)(H,25,26);4-11H,3,12H2,1-2H3,(H,24,26);2H,1H3. The first-order valence-electron chi connectivity index (χ1n) is 19.8. The van der Waals surface area contributed by atoms with E-state index < -0.39 is 35.6 Å². The number of carbonyl (C=O) groups is 4. The van der Waals surface area contributed by atoms with Gasteiger partial charge in [0, 0.05) is 29.0 Å². The molecule has 4 heterocycles. The number of H-pyrrole nitrogens is 2. The summed E-state index contributed by atoms with van der Waals surface area (Å²) in [7, 11) is 3.83. The number of carbonyl (C=O) groups excluding carboxylic acids is 3. The number of methoxy groups -OCH3 is 2. The lowest BCUT2D eigenvalue weighted by Gasteiger charge is -2.16. The first kappa shape index (κ1) is 46.1. The van der Waals surface area contributed by atoms with E-state index in [2.05, 4.69) is 9.97 Å². The summed E-state index contributed by atoms with van der Waals surface area (Å²) in [4.78, 5) is 79.0. The van der Waals surface area contributed by atoms with Crippen LogP contribution in [0.2, 0.25) is 0 Å². The van der Waals surface area contributed by atoms with E-state index in [-0.39, 0.29) is 76.2 Å². The number of furan rings is 2. The monoisotopic (exact) mass is 890 g/mol. The highest BCUT2D eigenvalue weighted by Crippen LogP contribution is 2.45. The van der Waals surface area contributed by atoms with Gasteiger partial charge in [-0.15, -0.1) is 0 Å². The third-order valence-electron chi connectivity index (χ3n) is 9.60. The highest BCUT2D eigenvalue weighted by molar-refractivity contribution is 6.14. The summed E-state index contributed by atoms with van der Waals surface area (Å²) in [6.07, 6.45) is 0.612. The predicted octanol–water partition coefficient (Wildman–Crippen LogP) is 6.90. The van der Waals surface area contributed by atoms with E-state index in [1.54, 1.807) is 80.6 Å². The number of aldehydes is 1. The maximum Gasteiger partial charge on any atom is 0.344 e. The molecule has 0 fully saturated rings. The van der Waals surface area contributed by atoms with Crippen molar-refractivity contribution in [3.05, 3.63) is 117 Å². The molecule has 65 heavy (non-hydrogen) atoms. The van der Waals surface area contributed by atoms with Gasteiger partial charge in [0.25, 0.3) is 11.1 Å². The van der Waals surface area contributed by atoms with Gasteiger partial charge in [-0.1, -0.05) is 48.5 Å². The second kappa shape index (κ2) is 20.7. The van der Waals surface area contributed by atoms with Gasteiger partial charge in [0.15, 0.2) is 47.1 Å². The Hall–Kier alpha value is -8.38. The fourth-order valence-corrected chi connectivity index (χ4v) is 7.12. The maximum absolute atomic E-state index is 13.1. The number of pyridine rings is 2. The van der Waals surface area contributed by atoms with E-state index in [0.717, 1.165) is 7.11 Å².